The number of hydrogen-bond donors (Lipinski definition) is 0. The molecule has 0 unspecified atom stereocenters. The van der Waals surface area contributed by atoms with Crippen LogP contribution in [0.5, 0.6) is 0 Å². The molecule has 1 saturated heterocycles. The van der Waals surface area contributed by atoms with Crippen LogP contribution in [0.2, 0.25) is 0 Å². The molecule has 2 fully saturated rings. The van der Waals surface area contributed by atoms with Crippen LogP contribution in [0.3, 0.4) is 0 Å². The molecular formula is C17H24N6O2. The molecule has 3 heterocycles. The minimum atomic E-state index is -0.0308. The van der Waals surface area contributed by atoms with Crippen molar-refractivity contribution in [1.29, 1.82) is 0 Å². The summed E-state index contributed by atoms with van der Waals surface area (Å²) in [6.45, 7) is 3.79. The van der Waals surface area contributed by atoms with Gasteiger partial charge < -0.3 is 9.32 Å². The number of amides is 1. The second kappa shape index (κ2) is 7.35. The Morgan fingerprint density at radius 1 is 1.16 bits per heavy atom. The summed E-state index contributed by atoms with van der Waals surface area (Å²) in [4.78, 5) is 16.5. The van der Waals surface area contributed by atoms with Crippen LogP contribution in [0, 0.1) is 0 Å². The molecule has 134 valence electrons. The van der Waals surface area contributed by atoms with Crippen LogP contribution in [0.25, 0.3) is 0 Å². The standard InChI is InChI=1S/C17H24N6O2/c24-17(15-7-4-12-25-15)22-10-8-21(9-11-22)13-16-18-19-20-23(16)14-5-2-1-3-6-14/h4,7,12,14H,1-3,5-6,8-11,13H2. The van der Waals surface area contributed by atoms with Crippen molar-refractivity contribution >= 4 is 5.91 Å². The van der Waals surface area contributed by atoms with Crippen LogP contribution in [0.4, 0.5) is 0 Å². The summed E-state index contributed by atoms with van der Waals surface area (Å²) in [7, 11) is 0. The smallest absolute Gasteiger partial charge is 0.289 e. The molecule has 4 rings (SSSR count). The van der Waals surface area contributed by atoms with E-state index in [0.717, 1.165) is 25.5 Å². The van der Waals surface area contributed by atoms with Crippen molar-refractivity contribution in [3.63, 3.8) is 0 Å². The summed E-state index contributed by atoms with van der Waals surface area (Å²) in [5, 5.41) is 12.4. The monoisotopic (exact) mass is 344 g/mol. The number of aromatic nitrogens is 4. The van der Waals surface area contributed by atoms with E-state index >= 15 is 0 Å². The first-order chi connectivity index (χ1) is 12.3. The maximum Gasteiger partial charge on any atom is 0.289 e. The highest BCUT2D eigenvalue weighted by Gasteiger charge is 2.26. The van der Waals surface area contributed by atoms with E-state index < -0.39 is 0 Å². The Bertz CT molecular complexity index is 684. The highest BCUT2D eigenvalue weighted by atomic mass is 16.3. The van der Waals surface area contributed by atoms with Gasteiger partial charge in [0.15, 0.2) is 11.6 Å². The number of tetrazole rings is 1. The highest BCUT2D eigenvalue weighted by molar-refractivity contribution is 5.91. The average Bonchev–Trinajstić information content (AvgIpc) is 3.35. The average molecular weight is 344 g/mol. The topological polar surface area (TPSA) is 80.3 Å². The molecule has 0 N–H and O–H groups in total. The quantitative estimate of drug-likeness (QED) is 0.840. The predicted molar refractivity (Wildman–Crippen MR) is 89.8 cm³/mol. The van der Waals surface area contributed by atoms with Gasteiger partial charge in [-0.05, 0) is 35.4 Å². The van der Waals surface area contributed by atoms with Gasteiger partial charge >= 0.3 is 0 Å². The van der Waals surface area contributed by atoms with Gasteiger partial charge in [0.1, 0.15) is 0 Å². The molecule has 1 saturated carbocycles. The molecule has 25 heavy (non-hydrogen) atoms. The Labute approximate surface area is 146 Å². The number of hydrogen-bond acceptors (Lipinski definition) is 6. The number of carbonyl (C=O) groups excluding carboxylic acids is 1. The second-order valence-corrected chi connectivity index (χ2v) is 6.88. The van der Waals surface area contributed by atoms with E-state index in [0.29, 0.717) is 24.9 Å². The van der Waals surface area contributed by atoms with Crippen molar-refractivity contribution < 1.29 is 9.21 Å². The Hall–Kier alpha value is -2.22. The molecule has 1 aliphatic heterocycles. The third-order valence-electron chi connectivity index (χ3n) is 5.24. The Kier molecular flexibility index (Phi) is 4.78. The summed E-state index contributed by atoms with van der Waals surface area (Å²) in [6.07, 6.45) is 7.72. The lowest BCUT2D eigenvalue weighted by molar-refractivity contribution is 0.0592. The predicted octanol–water partition coefficient (Wildman–Crippen LogP) is 1.73. The molecule has 0 bridgehead atoms. The summed E-state index contributed by atoms with van der Waals surface area (Å²) in [6, 6.07) is 3.90. The van der Waals surface area contributed by atoms with E-state index in [2.05, 4.69) is 20.4 Å². The first-order valence-corrected chi connectivity index (χ1v) is 9.13. The number of furan rings is 1. The van der Waals surface area contributed by atoms with Crippen LogP contribution >= 0.6 is 0 Å². The Morgan fingerprint density at radius 3 is 2.68 bits per heavy atom. The maximum absolute atomic E-state index is 12.3. The lowest BCUT2D eigenvalue weighted by atomic mass is 9.95. The number of nitrogens with zero attached hydrogens (tertiary/aromatic N) is 6. The first kappa shape index (κ1) is 16.3. The van der Waals surface area contributed by atoms with Crippen molar-refractivity contribution in [3.8, 4) is 0 Å². The van der Waals surface area contributed by atoms with Crippen LogP contribution in [0.15, 0.2) is 22.8 Å². The molecule has 8 heteroatoms. The van der Waals surface area contributed by atoms with Crippen LogP contribution in [-0.2, 0) is 6.54 Å². The zero-order valence-electron chi connectivity index (χ0n) is 14.4. The van der Waals surface area contributed by atoms with Gasteiger partial charge in [0.05, 0.1) is 18.8 Å². The zero-order valence-corrected chi connectivity index (χ0v) is 14.4. The normalized spacial score (nSPS) is 20.1. The van der Waals surface area contributed by atoms with Crippen LogP contribution < -0.4 is 0 Å². The molecule has 0 radical (unpaired) electrons. The van der Waals surface area contributed by atoms with Gasteiger partial charge in [-0.25, -0.2) is 4.68 Å². The Morgan fingerprint density at radius 2 is 1.96 bits per heavy atom. The van der Waals surface area contributed by atoms with E-state index in [9.17, 15) is 4.79 Å². The van der Waals surface area contributed by atoms with Crippen LogP contribution in [0.1, 0.15) is 54.5 Å². The summed E-state index contributed by atoms with van der Waals surface area (Å²) in [5.74, 6) is 1.32. The maximum atomic E-state index is 12.3. The molecule has 8 nitrogen and oxygen atoms in total. The third kappa shape index (κ3) is 3.58. The first-order valence-electron chi connectivity index (χ1n) is 9.13. The number of carbonyl (C=O) groups is 1. The molecule has 2 aromatic heterocycles. The Balaban J connectivity index is 1.33. The molecule has 1 aliphatic carbocycles. The molecule has 0 atom stereocenters. The second-order valence-electron chi connectivity index (χ2n) is 6.88. The van der Waals surface area contributed by atoms with Crippen molar-refractivity contribution in [1.82, 2.24) is 30.0 Å². The van der Waals surface area contributed by atoms with E-state index in [-0.39, 0.29) is 5.91 Å². The summed E-state index contributed by atoms with van der Waals surface area (Å²) < 4.78 is 7.24. The largest absolute Gasteiger partial charge is 0.459 e. The van der Waals surface area contributed by atoms with E-state index in [1.807, 2.05) is 9.58 Å². The fourth-order valence-electron chi connectivity index (χ4n) is 3.79. The van der Waals surface area contributed by atoms with Gasteiger partial charge in [-0.3, -0.25) is 9.69 Å². The minimum absolute atomic E-state index is 0.0308. The number of rotatable bonds is 4. The molecule has 2 aromatic rings. The molecule has 0 aromatic carbocycles. The summed E-state index contributed by atoms with van der Waals surface area (Å²) >= 11 is 0. The van der Waals surface area contributed by atoms with Crippen molar-refractivity contribution in [3.05, 3.63) is 30.0 Å². The molecular weight excluding hydrogens is 320 g/mol. The molecule has 2 aliphatic rings. The fraction of sp³-hybridized carbons (Fsp3) is 0.647. The van der Waals surface area contributed by atoms with Crippen molar-refractivity contribution in [2.45, 2.75) is 44.7 Å². The van der Waals surface area contributed by atoms with E-state index in [1.54, 1.807) is 12.1 Å². The van der Waals surface area contributed by atoms with Gasteiger partial charge in [-0.15, -0.1) is 5.10 Å². The van der Waals surface area contributed by atoms with Gasteiger partial charge in [0, 0.05) is 26.2 Å². The highest BCUT2D eigenvalue weighted by Crippen LogP contribution is 2.28. The van der Waals surface area contributed by atoms with Crippen molar-refractivity contribution in [2.24, 2.45) is 0 Å². The van der Waals surface area contributed by atoms with Gasteiger partial charge in [0.2, 0.25) is 0 Å². The SMILES string of the molecule is O=C(c1ccco1)N1CCN(Cc2nnnn2C2CCCCC2)CC1. The van der Waals surface area contributed by atoms with Crippen LogP contribution in [-0.4, -0.2) is 62.1 Å². The zero-order chi connectivity index (χ0) is 17.1. The van der Waals surface area contributed by atoms with Gasteiger partial charge in [-0.2, -0.15) is 0 Å². The molecule has 1 amide bonds. The lowest BCUT2D eigenvalue weighted by Gasteiger charge is -2.34. The molecule has 0 spiro atoms. The lowest BCUT2D eigenvalue weighted by Crippen LogP contribution is -2.48. The number of piperazine rings is 1. The van der Waals surface area contributed by atoms with Gasteiger partial charge in [-0.1, -0.05) is 19.3 Å². The van der Waals surface area contributed by atoms with E-state index in [1.165, 1.54) is 38.4 Å². The third-order valence-corrected chi connectivity index (χ3v) is 5.24. The fourth-order valence-corrected chi connectivity index (χ4v) is 3.79. The van der Waals surface area contributed by atoms with Crippen molar-refractivity contribution in [2.75, 3.05) is 26.2 Å². The van der Waals surface area contributed by atoms with E-state index in [4.69, 9.17) is 4.42 Å². The minimum Gasteiger partial charge on any atom is -0.459 e. The summed E-state index contributed by atoms with van der Waals surface area (Å²) in [5.41, 5.74) is 0. The van der Waals surface area contributed by atoms with Gasteiger partial charge in [0.25, 0.3) is 5.91 Å².